The van der Waals surface area contributed by atoms with Crippen LogP contribution in [0.3, 0.4) is 0 Å². The van der Waals surface area contributed by atoms with Gasteiger partial charge in [-0.05, 0) is 69.6 Å². The summed E-state index contributed by atoms with van der Waals surface area (Å²) in [7, 11) is 0. The quantitative estimate of drug-likeness (QED) is 0.615. The predicted molar refractivity (Wildman–Crippen MR) is 74.7 cm³/mol. The molecule has 0 heterocycles. The van der Waals surface area contributed by atoms with Gasteiger partial charge in [0.15, 0.2) is 0 Å². The third-order valence-corrected chi connectivity index (χ3v) is 4.14. The van der Waals surface area contributed by atoms with Crippen molar-refractivity contribution in [1.82, 2.24) is 0 Å². The molecule has 0 amide bonds. The summed E-state index contributed by atoms with van der Waals surface area (Å²) in [4.78, 5) is 0. The first-order valence-electron chi connectivity index (χ1n) is 5.46. The van der Waals surface area contributed by atoms with Gasteiger partial charge in [0.25, 0.3) is 0 Å². The molecule has 94 valence electrons. The molecule has 1 aliphatic rings. The van der Waals surface area contributed by atoms with Crippen LogP contribution in [0.15, 0.2) is 22.7 Å². The zero-order chi connectivity index (χ0) is 12.5. The topological polar surface area (TPSA) is 9.23 Å². The SMILES string of the molecule is FC1(F)CCC(Oc2ccc(I)cc2Br)CC1. The molecule has 0 spiro atoms. The maximum absolute atomic E-state index is 13.0. The highest BCUT2D eigenvalue weighted by Gasteiger charge is 2.35. The van der Waals surface area contributed by atoms with Crippen molar-refractivity contribution in [2.75, 3.05) is 0 Å². The molecule has 5 heteroatoms. The number of halogens is 4. The number of hydrogen-bond acceptors (Lipinski definition) is 1. The van der Waals surface area contributed by atoms with Crippen LogP contribution in [-0.4, -0.2) is 12.0 Å². The monoisotopic (exact) mass is 416 g/mol. The molecule has 0 unspecified atom stereocenters. The number of rotatable bonds is 2. The third kappa shape index (κ3) is 3.77. The molecule has 0 radical (unpaired) electrons. The molecule has 1 saturated carbocycles. The van der Waals surface area contributed by atoms with Crippen molar-refractivity contribution in [1.29, 1.82) is 0 Å². The average molecular weight is 417 g/mol. The Hall–Kier alpha value is 0.0900. The summed E-state index contributed by atoms with van der Waals surface area (Å²) in [6, 6.07) is 5.77. The van der Waals surface area contributed by atoms with E-state index in [0.29, 0.717) is 12.8 Å². The van der Waals surface area contributed by atoms with Gasteiger partial charge in [0, 0.05) is 16.4 Å². The van der Waals surface area contributed by atoms with E-state index in [-0.39, 0.29) is 18.9 Å². The molecular weight excluding hydrogens is 405 g/mol. The van der Waals surface area contributed by atoms with Crippen molar-refractivity contribution in [2.45, 2.75) is 37.7 Å². The van der Waals surface area contributed by atoms with Gasteiger partial charge < -0.3 is 4.74 Å². The van der Waals surface area contributed by atoms with Crippen molar-refractivity contribution in [2.24, 2.45) is 0 Å². The van der Waals surface area contributed by atoms with E-state index < -0.39 is 5.92 Å². The second-order valence-electron chi connectivity index (χ2n) is 4.25. The van der Waals surface area contributed by atoms with Gasteiger partial charge in [0.1, 0.15) is 5.75 Å². The molecule has 1 aromatic carbocycles. The molecule has 2 rings (SSSR count). The second kappa shape index (κ2) is 5.38. The largest absolute Gasteiger partial charge is 0.489 e. The second-order valence-corrected chi connectivity index (χ2v) is 6.35. The molecule has 1 nitrogen and oxygen atoms in total. The fraction of sp³-hybridized carbons (Fsp3) is 0.500. The molecule has 0 N–H and O–H groups in total. The lowest BCUT2D eigenvalue weighted by Crippen LogP contribution is -2.30. The maximum atomic E-state index is 13.0. The Bertz CT molecular complexity index is 401. The Morgan fingerprint density at radius 2 is 1.94 bits per heavy atom. The van der Waals surface area contributed by atoms with E-state index in [1.807, 2.05) is 18.2 Å². The van der Waals surface area contributed by atoms with E-state index in [1.54, 1.807) is 0 Å². The van der Waals surface area contributed by atoms with Crippen LogP contribution in [0.5, 0.6) is 5.75 Å². The zero-order valence-corrected chi connectivity index (χ0v) is 12.8. The minimum Gasteiger partial charge on any atom is -0.489 e. The predicted octanol–water partition coefficient (Wildman–Crippen LogP) is 5.01. The normalized spacial score (nSPS) is 20.2. The molecule has 0 saturated heterocycles. The molecule has 0 aromatic heterocycles. The van der Waals surface area contributed by atoms with Gasteiger partial charge in [-0.25, -0.2) is 8.78 Å². The van der Waals surface area contributed by atoms with Crippen molar-refractivity contribution < 1.29 is 13.5 Å². The first-order valence-corrected chi connectivity index (χ1v) is 7.33. The van der Waals surface area contributed by atoms with Gasteiger partial charge in [-0.15, -0.1) is 0 Å². The first-order chi connectivity index (χ1) is 7.96. The summed E-state index contributed by atoms with van der Waals surface area (Å²) in [5.74, 6) is -1.76. The van der Waals surface area contributed by atoms with Crippen molar-refractivity contribution in [3.05, 3.63) is 26.2 Å². The fourth-order valence-corrected chi connectivity index (χ4v) is 3.27. The summed E-state index contributed by atoms with van der Waals surface area (Å²) in [6.07, 6.45) is 0.613. The van der Waals surface area contributed by atoms with Crippen LogP contribution >= 0.6 is 38.5 Å². The lowest BCUT2D eigenvalue weighted by Gasteiger charge is -2.29. The van der Waals surface area contributed by atoms with Crippen molar-refractivity contribution >= 4 is 38.5 Å². The minimum atomic E-state index is -2.50. The van der Waals surface area contributed by atoms with Crippen LogP contribution in [0, 0.1) is 3.57 Å². The summed E-state index contributed by atoms with van der Waals surface area (Å²) in [5.41, 5.74) is 0. The molecule has 1 fully saturated rings. The molecule has 0 bridgehead atoms. The summed E-state index contributed by atoms with van der Waals surface area (Å²) in [5, 5.41) is 0. The van der Waals surface area contributed by atoms with Gasteiger partial charge in [-0.2, -0.15) is 0 Å². The highest BCUT2D eigenvalue weighted by Crippen LogP contribution is 2.36. The van der Waals surface area contributed by atoms with Crippen LogP contribution in [0.1, 0.15) is 25.7 Å². The lowest BCUT2D eigenvalue weighted by atomic mass is 9.94. The van der Waals surface area contributed by atoms with E-state index >= 15 is 0 Å². The first kappa shape index (κ1) is 13.5. The summed E-state index contributed by atoms with van der Waals surface area (Å²) >= 11 is 5.63. The molecule has 1 aromatic rings. The standard InChI is InChI=1S/C12H12BrF2IO/c13-10-7-8(16)1-2-11(10)17-9-3-5-12(14,15)6-4-9/h1-2,7,9H,3-6H2. The molecule has 0 aliphatic heterocycles. The highest BCUT2D eigenvalue weighted by atomic mass is 127. The molecule has 17 heavy (non-hydrogen) atoms. The molecule has 1 aliphatic carbocycles. The van der Waals surface area contributed by atoms with E-state index in [0.717, 1.165) is 13.8 Å². The van der Waals surface area contributed by atoms with Gasteiger partial charge in [0.2, 0.25) is 5.92 Å². The van der Waals surface area contributed by atoms with E-state index in [4.69, 9.17) is 4.74 Å². The molecular formula is C12H12BrF2IO. The summed E-state index contributed by atoms with van der Waals surface area (Å²) in [6.45, 7) is 0. The van der Waals surface area contributed by atoms with Crippen LogP contribution < -0.4 is 4.74 Å². The zero-order valence-electron chi connectivity index (χ0n) is 9.06. The van der Waals surface area contributed by atoms with Gasteiger partial charge in [0.05, 0.1) is 10.6 Å². The molecule has 0 atom stereocenters. The third-order valence-electron chi connectivity index (χ3n) is 2.85. The van der Waals surface area contributed by atoms with Gasteiger partial charge in [-0.3, -0.25) is 0 Å². The summed E-state index contributed by atoms with van der Waals surface area (Å²) < 4.78 is 33.7. The Kier molecular flexibility index (Phi) is 4.28. The van der Waals surface area contributed by atoms with Crippen LogP contribution in [0.2, 0.25) is 0 Å². The number of ether oxygens (including phenoxy) is 1. The average Bonchev–Trinajstić information content (AvgIpc) is 2.25. The van der Waals surface area contributed by atoms with Crippen LogP contribution in [0.25, 0.3) is 0 Å². The van der Waals surface area contributed by atoms with E-state index in [9.17, 15) is 8.78 Å². The van der Waals surface area contributed by atoms with E-state index in [1.165, 1.54) is 0 Å². The number of alkyl halides is 2. The number of benzene rings is 1. The van der Waals surface area contributed by atoms with Crippen molar-refractivity contribution in [3.63, 3.8) is 0 Å². The van der Waals surface area contributed by atoms with Gasteiger partial charge in [-0.1, -0.05) is 0 Å². The highest BCUT2D eigenvalue weighted by molar-refractivity contribution is 14.1. The van der Waals surface area contributed by atoms with Crippen LogP contribution in [0.4, 0.5) is 8.78 Å². The Labute approximate surface area is 121 Å². The van der Waals surface area contributed by atoms with E-state index in [2.05, 4.69) is 38.5 Å². The van der Waals surface area contributed by atoms with Crippen molar-refractivity contribution in [3.8, 4) is 5.75 Å². The van der Waals surface area contributed by atoms with Gasteiger partial charge >= 0.3 is 0 Å². The maximum Gasteiger partial charge on any atom is 0.248 e. The Morgan fingerprint density at radius 1 is 1.29 bits per heavy atom. The minimum absolute atomic E-state index is 0.0698. The van der Waals surface area contributed by atoms with Crippen LogP contribution in [-0.2, 0) is 0 Å². The smallest absolute Gasteiger partial charge is 0.248 e. The fourth-order valence-electron chi connectivity index (χ4n) is 1.88. The Morgan fingerprint density at radius 3 is 2.53 bits per heavy atom. The lowest BCUT2D eigenvalue weighted by molar-refractivity contribution is -0.0583. The number of hydrogen-bond donors (Lipinski definition) is 0. The Balaban J connectivity index is 1.98.